The number of ether oxygens (including phenoxy) is 5. The van der Waals surface area contributed by atoms with E-state index in [1.54, 1.807) is 81.0 Å². The first-order valence-electron chi connectivity index (χ1n) is 9.98. The Balaban J connectivity index is 1.66. The minimum Gasteiger partial charge on any atom is -0.493 e. The van der Waals surface area contributed by atoms with Crippen molar-refractivity contribution >= 4 is 17.6 Å². The molecule has 0 spiro atoms. The van der Waals surface area contributed by atoms with Crippen LogP contribution in [0.5, 0.6) is 28.7 Å². The first kappa shape index (κ1) is 23.2. The molecule has 3 aromatic carbocycles. The monoisotopic (exact) mass is 445 g/mol. The Kier molecular flexibility index (Phi) is 7.92. The number of benzene rings is 3. The van der Waals surface area contributed by atoms with Crippen LogP contribution in [-0.2, 0) is 4.79 Å². The Morgan fingerprint density at radius 3 is 2.12 bits per heavy atom. The normalized spacial score (nSPS) is 10.7. The first-order chi connectivity index (χ1) is 16.1. The largest absolute Gasteiger partial charge is 0.493 e. The van der Waals surface area contributed by atoms with E-state index in [2.05, 4.69) is 6.07 Å². The molecule has 0 radical (unpaired) electrons. The second-order valence-corrected chi connectivity index (χ2v) is 6.72. The average molecular weight is 445 g/mol. The van der Waals surface area contributed by atoms with E-state index in [1.807, 2.05) is 6.07 Å². The molecular formula is C26H23NO6. The molecule has 0 bridgehead atoms. The number of hydrogen-bond donors (Lipinski definition) is 0. The molecule has 33 heavy (non-hydrogen) atoms. The lowest BCUT2D eigenvalue weighted by Crippen LogP contribution is -2.17. The van der Waals surface area contributed by atoms with E-state index in [4.69, 9.17) is 23.7 Å². The third-order valence-corrected chi connectivity index (χ3v) is 4.65. The third-order valence-electron chi connectivity index (χ3n) is 4.65. The van der Waals surface area contributed by atoms with Crippen LogP contribution in [0.25, 0.3) is 11.6 Å². The van der Waals surface area contributed by atoms with Gasteiger partial charge >= 0.3 is 5.97 Å². The summed E-state index contributed by atoms with van der Waals surface area (Å²) >= 11 is 0. The number of nitriles is 1. The van der Waals surface area contributed by atoms with E-state index in [-0.39, 0.29) is 6.61 Å². The zero-order chi connectivity index (χ0) is 23.6. The molecule has 0 saturated heterocycles. The van der Waals surface area contributed by atoms with Gasteiger partial charge in [-0.05, 0) is 59.7 Å². The zero-order valence-electron chi connectivity index (χ0n) is 18.5. The third kappa shape index (κ3) is 6.05. The quantitative estimate of drug-likeness (QED) is 0.203. The van der Waals surface area contributed by atoms with Gasteiger partial charge in [0, 0.05) is 0 Å². The fourth-order valence-electron chi connectivity index (χ4n) is 3.02. The Labute approximate surface area is 192 Å². The maximum atomic E-state index is 12.1. The van der Waals surface area contributed by atoms with E-state index < -0.39 is 5.97 Å². The van der Waals surface area contributed by atoms with Crippen molar-refractivity contribution in [3.63, 3.8) is 0 Å². The number of rotatable bonds is 9. The highest BCUT2D eigenvalue weighted by Gasteiger charge is 2.10. The lowest BCUT2D eigenvalue weighted by molar-refractivity contribution is -0.136. The van der Waals surface area contributed by atoms with Gasteiger partial charge in [-0.25, -0.2) is 4.79 Å². The van der Waals surface area contributed by atoms with E-state index in [0.717, 1.165) is 5.56 Å². The summed E-state index contributed by atoms with van der Waals surface area (Å²) < 4.78 is 26.5. The molecule has 7 heteroatoms. The van der Waals surface area contributed by atoms with Gasteiger partial charge in [0.25, 0.3) is 0 Å². The Morgan fingerprint density at radius 1 is 0.848 bits per heavy atom. The van der Waals surface area contributed by atoms with Crippen LogP contribution in [-0.4, -0.2) is 33.9 Å². The molecular weight excluding hydrogens is 422 g/mol. The summed E-state index contributed by atoms with van der Waals surface area (Å²) in [5.74, 6) is 1.92. The lowest BCUT2D eigenvalue weighted by Gasteiger charge is -2.10. The number of methoxy groups -OCH3 is 3. The van der Waals surface area contributed by atoms with Crippen LogP contribution in [0.15, 0.2) is 66.7 Å². The molecule has 7 nitrogen and oxygen atoms in total. The Hall–Kier alpha value is -4.44. The number of hydrogen-bond acceptors (Lipinski definition) is 7. The fraction of sp³-hybridized carbons (Fsp3) is 0.154. The molecule has 0 unspecified atom stereocenters. The van der Waals surface area contributed by atoms with E-state index in [9.17, 15) is 10.1 Å². The number of carbonyl (C=O) groups excluding carboxylic acids is 1. The summed E-state index contributed by atoms with van der Waals surface area (Å²) in [6, 6.07) is 21.3. The van der Waals surface area contributed by atoms with Crippen LogP contribution < -0.4 is 23.7 Å². The van der Waals surface area contributed by atoms with Crippen LogP contribution in [0.4, 0.5) is 0 Å². The Bertz CT molecular complexity index is 1180. The highest BCUT2D eigenvalue weighted by Crippen LogP contribution is 2.31. The Morgan fingerprint density at radius 2 is 1.48 bits per heavy atom. The van der Waals surface area contributed by atoms with E-state index >= 15 is 0 Å². The molecule has 0 saturated carbocycles. The highest BCUT2D eigenvalue weighted by molar-refractivity contribution is 5.90. The van der Waals surface area contributed by atoms with Crippen LogP contribution in [0, 0.1) is 11.3 Å². The van der Waals surface area contributed by atoms with Crippen LogP contribution in [0.1, 0.15) is 11.1 Å². The van der Waals surface area contributed by atoms with E-state index in [0.29, 0.717) is 39.9 Å². The first-order valence-corrected chi connectivity index (χ1v) is 9.98. The number of para-hydroxylation sites is 2. The van der Waals surface area contributed by atoms with Gasteiger partial charge < -0.3 is 23.7 Å². The van der Waals surface area contributed by atoms with Crippen molar-refractivity contribution in [1.82, 2.24) is 0 Å². The second kappa shape index (κ2) is 11.3. The van der Waals surface area contributed by atoms with Gasteiger partial charge in [0.1, 0.15) is 5.75 Å². The van der Waals surface area contributed by atoms with Crippen molar-refractivity contribution in [2.24, 2.45) is 0 Å². The minimum atomic E-state index is -0.549. The van der Waals surface area contributed by atoms with Crippen molar-refractivity contribution in [3.8, 4) is 34.8 Å². The molecule has 0 N–H and O–H groups in total. The van der Waals surface area contributed by atoms with Crippen molar-refractivity contribution in [1.29, 1.82) is 5.26 Å². The molecule has 0 atom stereocenters. The van der Waals surface area contributed by atoms with Gasteiger partial charge in [0.15, 0.2) is 29.6 Å². The number of carbonyl (C=O) groups is 1. The van der Waals surface area contributed by atoms with Gasteiger partial charge in [-0.15, -0.1) is 0 Å². The van der Waals surface area contributed by atoms with Gasteiger partial charge in [0.05, 0.1) is 33.0 Å². The van der Waals surface area contributed by atoms with Gasteiger partial charge in [-0.3, -0.25) is 0 Å². The molecule has 0 fully saturated rings. The molecule has 0 heterocycles. The van der Waals surface area contributed by atoms with Gasteiger partial charge in [0.2, 0.25) is 0 Å². The maximum Gasteiger partial charge on any atom is 0.349 e. The molecule has 0 aliphatic rings. The molecule has 3 aromatic rings. The summed E-state index contributed by atoms with van der Waals surface area (Å²) in [5, 5.41) is 9.61. The minimum absolute atomic E-state index is 0.264. The summed E-state index contributed by atoms with van der Waals surface area (Å²) in [6.07, 6.45) is 1.73. The maximum absolute atomic E-state index is 12.1. The molecule has 0 aromatic heterocycles. The summed E-state index contributed by atoms with van der Waals surface area (Å²) in [6.45, 7) is -0.264. The zero-order valence-corrected chi connectivity index (χ0v) is 18.5. The molecule has 0 amide bonds. The predicted octanol–water partition coefficient (Wildman–Crippen LogP) is 4.76. The standard InChI is InChI=1S/C26H23NO6/c1-29-22-6-4-5-7-24(22)32-17-26(28)33-21-11-8-18(9-12-21)14-20(16-27)19-10-13-23(30-2)25(15-19)31-3/h4-15H,17H2,1-3H3/b20-14-. The highest BCUT2D eigenvalue weighted by atomic mass is 16.6. The van der Waals surface area contributed by atoms with Crippen LogP contribution in [0.3, 0.4) is 0 Å². The molecule has 0 aliphatic heterocycles. The predicted molar refractivity (Wildman–Crippen MR) is 124 cm³/mol. The number of nitrogens with zero attached hydrogens (tertiary/aromatic N) is 1. The summed E-state index contributed by atoms with van der Waals surface area (Å²) in [7, 11) is 4.62. The SMILES string of the molecule is COc1ccc(/C(C#N)=C\c2ccc(OC(=O)COc3ccccc3OC)cc2)cc1OC. The topological polar surface area (TPSA) is 87.0 Å². The van der Waals surface area contributed by atoms with Crippen LogP contribution in [0.2, 0.25) is 0 Å². The van der Waals surface area contributed by atoms with Gasteiger partial charge in [-0.2, -0.15) is 5.26 Å². The van der Waals surface area contributed by atoms with Crippen molar-refractivity contribution < 1.29 is 28.5 Å². The molecule has 0 aliphatic carbocycles. The summed E-state index contributed by atoms with van der Waals surface area (Å²) in [4.78, 5) is 12.1. The summed E-state index contributed by atoms with van der Waals surface area (Å²) in [5.41, 5.74) is 1.91. The molecule has 3 rings (SSSR count). The van der Waals surface area contributed by atoms with Crippen molar-refractivity contribution in [2.45, 2.75) is 0 Å². The average Bonchev–Trinajstić information content (AvgIpc) is 2.86. The van der Waals surface area contributed by atoms with E-state index in [1.165, 1.54) is 7.11 Å². The smallest absolute Gasteiger partial charge is 0.349 e. The number of esters is 1. The van der Waals surface area contributed by atoms with Gasteiger partial charge in [-0.1, -0.05) is 24.3 Å². The second-order valence-electron chi connectivity index (χ2n) is 6.72. The lowest BCUT2D eigenvalue weighted by atomic mass is 10.0. The number of allylic oxidation sites excluding steroid dienone is 1. The van der Waals surface area contributed by atoms with Crippen molar-refractivity contribution in [2.75, 3.05) is 27.9 Å². The molecule has 168 valence electrons. The van der Waals surface area contributed by atoms with Crippen molar-refractivity contribution in [3.05, 3.63) is 77.9 Å². The fourth-order valence-corrected chi connectivity index (χ4v) is 3.02. The van der Waals surface area contributed by atoms with Crippen LogP contribution >= 0.6 is 0 Å².